The molecule has 8 nitrogen and oxygen atoms in total. The highest BCUT2D eigenvalue weighted by Crippen LogP contribution is 2.39. The minimum atomic E-state index is 0.398. The Morgan fingerprint density at radius 3 is 2.59 bits per heavy atom. The summed E-state index contributed by atoms with van der Waals surface area (Å²) in [5.41, 5.74) is 12.0. The first-order valence-electron chi connectivity index (χ1n) is 12.3. The van der Waals surface area contributed by atoms with Gasteiger partial charge in [-0.1, -0.05) is 19.1 Å². The van der Waals surface area contributed by atoms with Crippen LogP contribution < -0.4 is 10.5 Å². The van der Waals surface area contributed by atoms with E-state index in [1.165, 1.54) is 12.8 Å². The number of aromatic nitrogens is 4. The van der Waals surface area contributed by atoms with Gasteiger partial charge in [0.2, 0.25) is 0 Å². The molecule has 5 rings (SSSR count). The van der Waals surface area contributed by atoms with E-state index in [4.69, 9.17) is 15.5 Å². The van der Waals surface area contributed by atoms with Gasteiger partial charge in [0.15, 0.2) is 17.0 Å². The van der Waals surface area contributed by atoms with Gasteiger partial charge in [-0.15, -0.1) is 0 Å². The summed E-state index contributed by atoms with van der Waals surface area (Å²) in [5, 5.41) is 4.51. The number of ether oxygens (including phenoxy) is 1. The van der Waals surface area contributed by atoms with Crippen LogP contribution in [0.4, 0.5) is 11.5 Å². The molecule has 8 heteroatoms. The number of rotatable bonds is 5. The lowest BCUT2D eigenvalue weighted by molar-refractivity contribution is 0.215. The maximum absolute atomic E-state index is 6.01. The summed E-state index contributed by atoms with van der Waals surface area (Å²) in [6.07, 6.45) is 7.51. The molecule has 2 N–H and O–H groups in total. The van der Waals surface area contributed by atoms with E-state index in [1.54, 1.807) is 7.11 Å². The second-order valence-electron chi connectivity index (χ2n) is 9.43. The number of hydrogen-bond donors (Lipinski definition) is 1. The third-order valence-corrected chi connectivity index (χ3v) is 6.71. The molecule has 1 saturated carbocycles. The molecule has 0 unspecified atom stereocenters. The first-order valence-corrected chi connectivity index (χ1v) is 12.3. The highest BCUT2D eigenvalue weighted by atomic mass is 16.5. The monoisotopic (exact) mass is 463 g/mol. The third-order valence-electron chi connectivity index (χ3n) is 6.71. The van der Waals surface area contributed by atoms with E-state index in [-0.39, 0.29) is 0 Å². The van der Waals surface area contributed by atoms with Crippen molar-refractivity contribution in [2.75, 3.05) is 33.0 Å². The van der Waals surface area contributed by atoms with Crippen molar-refractivity contribution in [1.29, 1.82) is 0 Å². The number of nitrogen functional groups attached to an aromatic ring is 1. The Morgan fingerprint density at radius 2 is 1.94 bits per heavy atom. The van der Waals surface area contributed by atoms with E-state index in [2.05, 4.69) is 33.9 Å². The Hall–Kier alpha value is -3.00. The molecule has 2 fully saturated rings. The summed E-state index contributed by atoms with van der Waals surface area (Å²) in [7, 11) is 3.84. The van der Waals surface area contributed by atoms with Crippen LogP contribution in [0.3, 0.4) is 0 Å². The number of hydrogen-bond acceptors (Lipinski definition) is 7. The predicted octanol–water partition coefficient (Wildman–Crippen LogP) is 5.06. The Balaban J connectivity index is 0.000000173. The number of aliphatic imine (C=N–C) groups is 1. The zero-order valence-corrected chi connectivity index (χ0v) is 21.1. The van der Waals surface area contributed by atoms with E-state index < -0.39 is 0 Å². The first-order chi connectivity index (χ1) is 16.4. The number of anilines is 1. The molecule has 1 aromatic carbocycles. The number of piperidine rings is 1. The topological polar surface area (TPSA) is 94.5 Å². The lowest BCUT2D eigenvalue weighted by atomic mass is 10.1. The molecule has 1 aliphatic heterocycles. The van der Waals surface area contributed by atoms with Gasteiger partial charge in [-0.05, 0) is 77.7 Å². The summed E-state index contributed by atoms with van der Waals surface area (Å²) in [4.78, 5) is 16.2. The number of likely N-dealkylation sites (tertiary alicyclic amines) is 1. The van der Waals surface area contributed by atoms with Gasteiger partial charge in [-0.3, -0.25) is 4.99 Å². The number of benzene rings is 1. The van der Waals surface area contributed by atoms with Crippen LogP contribution in [0.2, 0.25) is 0 Å². The maximum Gasteiger partial charge on any atom is 0.179 e. The summed E-state index contributed by atoms with van der Waals surface area (Å²) in [6, 6.07) is 6.36. The molecule has 0 spiro atoms. The van der Waals surface area contributed by atoms with Crippen LogP contribution in [0.5, 0.6) is 5.75 Å². The van der Waals surface area contributed by atoms with Crippen molar-refractivity contribution in [1.82, 2.24) is 24.6 Å². The number of fused-ring (bicyclic) bond motifs is 1. The number of aryl methyl sites for hydroxylation is 1. The maximum atomic E-state index is 6.01. The fraction of sp³-hybridized carbons (Fsp3) is 0.538. The zero-order valence-electron chi connectivity index (χ0n) is 21.1. The smallest absolute Gasteiger partial charge is 0.179 e. The van der Waals surface area contributed by atoms with Gasteiger partial charge in [0.05, 0.1) is 18.8 Å². The fourth-order valence-electron chi connectivity index (χ4n) is 4.22. The molecule has 3 heterocycles. The van der Waals surface area contributed by atoms with E-state index in [9.17, 15) is 0 Å². The molecule has 1 saturated heterocycles. The molecule has 3 aromatic rings. The summed E-state index contributed by atoms with van der Waals surface area (Å²) in [5.74, 6) is 1.96. The van der Waals surface area contributed by atoms with Gasteiger partial charge in [-0.25, -0.2) is 14.6 Å². The summed E-state index contributed by atoms with van der Waals surface area (Å²) < 4.78 is 7.29. The second kappa shape index (κ2) is 10.5. The van der Waals surface area contributed by atoms with Crippen LogP contribution in [-0.2, 0) is 0 Å². The molecular formula is C26H37N7O. The number of nitrogens with zero attached hydrogens (tertiary/aromatic N) is 6. The summed E-state index contributed by atoms with van der Waals surface area (Å²) in [6.45, 7) is 8.38. The minimum Gasteiger partial charge on any atom is -0.494 e. The van der Waals surface area contributed by atoms with Crippen molar-refractivity contribution >= 4 is 28.4 Å². The first kappa shape index (κ1) is 24.1. The molecule has 0 radical (unpaired) electrons. The lowest BCUT2D eigenvalue weighted by Crippen LogP contribution is -2.32. The Labute approximate surface area is 202 Å². The van der Waals surface area contributed by atoms with Gasteiger partial charge in [-0.2, -0.15) is 5.10 Å². The molecule has 0 amide bonds. The van der Waals surface area contributed by atoms with Crippen LogP contribution in [0.25, 0.3) is 11.2 Å². The van der Waals surface area contributed by atoms with Crippen molar-refractivity contribution in [2.24, 2.45) is 4.99 Å². The van der Waals surface area contributed by atoms with Gasteiger partial charge >= 0.3 is 0 Å². The van der Waals surface area contributed by atoms with Crippen molar-refractivity contribution in [2.45, 2.75) is 64.8 Å². The molecule has 2 aromatic heterocycles. The van der Waals surface area contributed by atoms with Crippen LogP contribution >= 0.6 is 0 Å². The average molecular weight is 464 g/mol. The molecule has 182 valence electrons. The van der Waals surface area contributed by atoms with E-state index in [1.807, 2.05) is 42.9 Å². The largest absolute Gasteiger partial charge is 0.494 e. The third kappa shape index (κ3) is 5.38. The number of nitrogens with two attached hydrogens (primary N) is 1. The van der Waals surface area contributed by atoms with E-state index in [0.717, 1.165) is 71.9 Å². The average Bonchev–Trinajstić information content (AvgIpc) is 3.65. The second-order valence-corrected chi connectivity index (χ2v) is 9.43. The van der Waals surface area contributed by atoms with Crippen molar-refractivity contribution in [3.63, 3.8) is 0 Å². The number of para-hydroxylation sites is 1. The van der Waals surface area contributed by atoms with Gasteiger partial charge in [0, 0.05) is 17.8 Å². The Bertz CT molecular complexity index is 1160. The summed E-state index contributed by atoms with van der Waals surface area (Å²) >= 11 is 0. The minimum absolute atomic E-state index is 0.398. The normalized spacial score (nSPS) is 17.5. The highest BCUT2D eigenvalue weighted by Gasteiger charge is 2.28. The fourth-order valence-corrected chi connectivity index (χ4v) is 4.22. The van der Waals surface area contributed by atoms with Crippen LogP contribution in [-0.4, -0.2) is 57.6 Å². The standard InChI is InChI=1S/C14H20N6.C12H17NO/c1-19-6-4-10(5-7-19)20-14-12(13(15)18-20)16-8-11(17-14)9-2-3-9;1-5-10(3)13-12-9(2)7-6-8-11(12)14-4/h8-10H,2-7H2,1H3,(H2,15,18);6-8H,5H2,1-4H3. The van der Waals surface area contributed by atoms with Crippen LogP contribution in [0.1, 0.15) is 69.2 Å². The van der Waals surface area contributed by atoms with Crippen molar-refractivity contribution in [3.05, 3.63) is 35.7 Å². The molecule has 1 aliphatic carbocycles. The lowest BCUT2D eigenvalue weighted by Gasteiger charge is -2.29. The van der Waals surface area contributed by atoms with Gasteiger partial charge in [0.1, 0.15) is 11.4 Å². The predicted molar refractivity (Wildman–Crippen MR) is 138 cm³/mol. The van der Waals surface area contributed by atoms with Gasteiger partial charge < -0.3 is 15.4 Å². The van der Waals surface area contributed by atoms with Crippen LogP contribution in [0, 0.1) is 6.92 Å². The quantitative estimate of drug-likeness (QED) is 0.532. The van der Waals surface area contributed by atoms with Crippen LogP contribution in [0.15, 0.2) is 29.4 Å². The molecule has 0 atom stereocenters. The SMILES string of the molecule is CCC(C)=Nc1c(C)cccc1OC.CN1CCC(n2nc(N)c3ncc(C4CC4)nc32)CC1. The highest BCUT2D eigenvalue weighted by molar-refractivity contribution is 5.85. The Kier molecular flexibility index (Phi) is 7.46. The molecule has 2 aliphatic rings. The van der Waals surface area contributed by atoms with Crippen molar-refractivity contribution in [3.8, 4) is 5.75 Å². The van der Waals surface area contributed by atoms with E-state index in [0.29, 0.717) is 17.8 Å². The van der Waals surface area contributed by atoms with E-state index >= 15 is 0 Å². The Morgan fingerprint density at radius 1 is 1.21 bits per heavy atom. The molecular weight excluding hydrogens is 426 g/mol. The molecule has 34 heavy (non-hydrogen) atoms. The zero-order chi connectivity index (χ0) is 24.2. The van der Waals surface area contributed by atoms with Crippen molar-refractivity contribution < 1.29 is 4.74 Å². The number of methoxy groups -OCH3 is 1. The van der Waals surface area contributed by atoms with Gasteiger partial charge in [0.25, 0.3) is 0 Å². The molecule has 0 bridgehead atoms.